The van der Waals surface area contributed by atoms with E-state index in [1.54, 1.807) is 42.5 Å². The molecule has 1 aliphatic rings. The van der Waals surface area contributed by atoms with Crippen molar-refractivity contribution in [3.63, 3.8) is 0 Å². The summed E-state index contributed by atoms with van der Waals surface area (Å²) in [7, 11) is 0. The minimum Gasteiger partial charge on any atom is -0.480 e. The summed E-state index contributed by atoms with van der Waals surface area (Å²) in [5, 5.41) is 31.7. The minimum atomic E-state index is -1.40. The minimum absolute atomic E-state index is 0.0868. The van der Waals surface area contributed by atoms with Gasteiger partial charge in [-0.15, -0.1) is 0 Å². The van der Waals surface area contributed by atoms with Crippen molar-refractivity contribution >= 4 is 58.4 Å². The second-order valence-electron chi connectivity index (χ2n) is 13.2. The highest BCUT2D eigenvalue weighted by atomic mass is 32.1. The van der Waals surface area contributed by atoms with Crippen molar-refractivity contribution in [2.24, 2.45) is 5.41 Å². The summed E-state index contributed by atoms with van der Waals surface area (Å²) >= 11 is 5.43. The number of nitrogens with one attached hydrogen (secondary N) is 4. The summed E-state index contributed by atoms with van der Waals surface area (Å²) in [6.07, 6.45) is -0.117. The number of aliphatic carboxylic acids is 2. The van der Waals surface area contributed by atoms with Gasteiger partial charge in [-0.1, -0.05) is 69.3 Å². The molecule has 1 heterocycles. The van der Waals surface area contributed by atoms with Gasteiger partial charge in [-0.2, -0.15) is 0 Å². The molecule has 0 saturated heterocycles. The lowest BCUT2D eigenvalue weighted by Crippen LogP contribution is -2.47. The van der Waals surface area contributed by atoms with Gasteiger partial charge in [0.15, 0.2) is 5.11 Å². The molecule has 258 valence electrons. The highest BCUT2D eigenvalue weighted by Crippen LogP contribution is 2.36. The van der Waals surface area contributed by atoms with Crippen LogP contribution in [-0.2, 0) is 43.4 Å². The average Bonchev–Trinajstić information content (AvgIpc) is 3.40. The van der Waals surface area contributed by atoms with Crippen LogP contribution < -0.4 is 21.3 Å². The Kier molecular flexibility index (Phi) is 11.7. The van der Waals surface area contributed by atoms with Crippen LogP contribution in [0.1, 0.15) is 62.4 Å². The van der Waals surface area contributed by atoms with E-state index in [1.165, 1.54) is 11.8 Å². The molecule has 3 atom stereocenters. The number of carbonyl (C=O) groups is 5. The van der Waals surface area contributed by atoms with Crippen LogP contribution in [0.4, 0.5) is 11.4 Å². The fraction of sp³-hybridized carbons (Fsp3) is 0.333. The maximum atomic E-state index is 13.7. The summed E-state index contributed by atoms with van der Waals surface area (Å²) in [6.45, 7) is 7.08. The first kappa shape index (κ1) is 36.5. The number of para-hydroxylation sites is 1. The van der Waals surface area contributed by atoms with E-state index in [0.29, 0.717) is 33.1 Å². The number of fused-ring (bicyclic) bond motifs is 1. The third kappa shape index (κ3) is 10.1. The third-order valence-corrected chi connectivity index (χ3v) is 8.14. The van der Waals surface area contributed by atoms with Crippen LogP contribution >= 0.6 is 12.2 Å². The van der Waals surface area contributed by atoms with E-state index in [0.717, 1.165) is 5.69 Å². The second-order valence-corrected chi connectivity index (χ2v) is 13.6. The zero-order valence-corrected chi connectivity index (χ0v) is 28.6. The molecule has 3 aromatic carbocycles. The van der Waals surface area contributed by atoms with Crippen LogP contribution in [-0.4, -0.2) is 62.0 Å². The van der Waals surface area contributed by atoms with E-state index in [-0.39, 0.29) is 37.1 Å². The Morgan fingerprint density at radius 1 is 0.816 bits per heavy atom. The smallest absolute Gasteiger partial charge is 0.326 e. The molecular weight excluding hydrogens is 646 g/mol. The number of anilines is 2. The second kappa shape index (κ2) is 15.7. The Morgan fingerprint density at radius 3 is 1.92 bits per heavy atom. The number of carboxylic acids is 2. The summed E-state index contributed by atoms with van der Waals surface area (Å²) in [5.41, 5.74) is 3.38. The van der Waals surface area contributed by atoms with Gasteiger partial charge in [0.05, 0.1) is 0 Å². The number of carbonyl (C=O) groups excluding carboxylic acids is 3. The topological polar surface area (TPSA) is 177 Å². The molecule has 0 saturated carbocycles. The number of hydrogen-bond donors (Lipinski definition) is 6. The van der Waals surface area contributed by atoms with Crippen LogP contribution in [0.3, 0.4) is 0 Å². The number of thiocarbonyl (C=S) groups is 1. The van der Waals surface area contributed by atoms with Crippen LogP contribution in [0.2, 0.25) is 0 Å². The number of rotatable bonds is 12. The number of hydrogen-bond acceptors (Lipinski definition) is 6. The normalized spacial score (nSPS) is 14.9. The monoisotopic (exact) mass is 687 g/mol. The van der Waals surface area contributed by atoms with Crippen LogP contribution in [0.5, 0.6) is 0 Å². The van der Waals surface area contributed by atoms with Crippen molar-refractivity contribution in [2.45, 2.75) is 71.6 Å². The molecule has 3 unspecified atom stereocenters. The summed E-state index contributed by atoms with van der Waals surface area (Å²) in [6, 6.07) is 17.6. The molecule has 49 heavy (non-hydrogen) atoms. The SMILES string of the molecule is CC(=O)N1Cc2cc(NC(=S)Nc3ccccc3)ccc2C1C(=O)NC(Cc1ccccc1CC(NC(=O)CC(C)(C)C)C(=O)O)C(=O)O. The fourth-order valence-corrected chi connectivity index (χ4v) is 5.93. The Labute approximate surface area is 290 Å². The molecule has 0 radical (unpaired) electrons. The maximum Gasteiger partial charge on any atom is 0.326 e. The van der Waals surface area contributed by atoms with E-state index >= 15 is 0 Å². The molecule has 4 rings (SSSR count). The Balaban J connectivity index is 1.50. The van der Waals surface area contributed by atoms with E-state index in [2.05, 4.69) is 21.3 Å². The number of benzene rings is 3. The van der Waals surface area contributed by atoms with Gasteiger partial charge in [-0.05, 0) is 64.2 Å². The van der Waals surface area contributed by atoms with E-state index < -0.39 is 41.9 Å². The number of nitrogens with zero attached hydrogens (tertiary/aromatic N) is 1. The van der Waals surface area contributed by atoms with Gasteiger partial charge in [0, 0.05) is 44.1 Å². The van der Waals surface area contributed by atoms with E-state index in [9.17, 15) is 34.2 Å². The fourth-order valence-electron chi connectivity index (χ4n) is 5.69. The molecule has 0 aliphatic carbocycles. The van der Waals surface area contributed by atoms with Crippen molar-refractivity contribution in [1.29, 1.82) is 0 Å². The van der Waals surface area contributed by atoms with Crippen LogP contribution in [0.15, 0.2) is 72.8 Å². The predicted molar refractivity (Wildman–Crippen MR) is 189 cm³/mol. The first-order chi connectivity index (χ1) is 23.1. The quantitative estimate of drug-likeness (QED) is 0.151. The molecule has 13 heteroatoms. The highest BCUT2D eigenvalue weighted by Gasteiger charge is 2.39. The van der Waals surface area contributed by atoms with Gasteiger partial charge in [0.1, 0.15) is 18.1 Å². The average molecular weight is 688 g/mol. The maximum absolute atomic E-state index is 13.7. The van der Waals surface area contributed by atoms with Gasteiger partial charge in [-0.25, -0.2) is 9.59 Å². The molecule has 0 spiro atoms. The largest absolute Gasteiger partial charge is 0.480 e. The van der Waals surface area contributed by atoms with Gasteiger partial charge in [0.2, 0.25) is 17.7 Å². The molecule has 0 fully saturated rings. The molecular formula is C36H41N5O7S. The lowest BCUT2D eigenvalue weighted by Gasteiger charge is -2.25. The predicted octanol–water partition coefficient (Wildman–Crippen LogP) is 4.26. The standard InChI is InChI=1S/C36H41N5O7S/c1-21(42)41-20-24-16-26(38-35(49)37-25-12-6-5-7-13-25)14-15-27(24)31(41)32(44)40-29(34(47)48)18-23-11-9-8-10-22(23)17-28(33(45)46)39-30(43)19-36(2,3)4/h5-16,28-29,31H,17-20H2,1-4H3,(H,39,43)(H,40,44)(H,45,46)(H,47,48)(H2,37,38,49). The highest BCUT2D eigenvalue weighted by molar-refractivity contribution is 7.80. The Morgan fingerprint density at radius 2 is 1.37 bits per heavy atom. The first-order valence-corrected chi connectivity index (χ1v) is 16.2. The summed E-state index contributed by atoms with van der Waals surface area (Å²) in [5.74, 6) is -3.97. The molecule has 3 amide bonds. The van der Waals surface area contributed by atoms with E-state index in [1.807, 2.05) is 51.1 Å². The van der Waals surface area contributed by atoms with Gasteiger partial charge in [-0.3, -0.25) is 14.4 Å². The Bertz CT molecular complexity index is 1740. The van der Waals surface area contributed by atoms with Crippen molar-refractivity contribution in [1.82, 2.24) is 15.5 Å². The summed E-state index contributed by atoms with van der Waals surface area (Å²) in [4.78, 5) is 64.8. The Hall–Kier alpha value is -5.30. The molecule has 1 aliphatic heterocycles. The van der Waals surface area contributed by atoms with Crippen molar-refractivity contribution in [2.75, 3.05) is 10.6 Å². The third-order valence-electron chi connectivity index (χ3n) is 7.94. The lowest BCUT2D eigenvalue weighted by atomic mass is 9.91. The molecule has 12 nitrogen and oxygen atoms in total. The van der Waals surface area contributed by atoms with Gasteiger partial charge in [0.25, 0.3) is 0 Å². The van der Waals surface area contributed by atoms with Gasteiger partial charge < -0.3 is 36.4 Å². The lowest BCUT2D eigenvalue weighted by molar-refractivity contribution is -0.144. The molecule has 3 aromatic rings. The number of amides is 3. The van der Waals surface area contributed by atoms with E-state index in [4.69, 9.17) is 12.2 Å². The van der Waals surface area contributed by atoms with Crippen molar-refractivity contribution in [3.05, 3.63) is 95.1 Å². The molecule has 0 bridgehead atoms. The van der Waals surface area contributed by atoms with Crippen molar-refractivity contribution in [3.8, 4) is 0 Å². The van der Waals surface area contributed by atoms with Crippen LogP contribution in [0, 0.1) is 5.41 Å². The zero-order chi connectivity index (χ0) is 35.9. The summed E-state index contributed by atoms with van der Waals surface area (Å²) < 4.78 is 0. The van der Waals surface area contributed by atoms with Crippen molar-refractivity contribution < 1.29 is 34.2 Å². The van der Waals surface area contributed by atoms with Gasteiger partial charge >= 0.3 is 11.9 Å². The molecule has 0 aromatic heterocycles. The molecule has 6 N–H and O–H groups in total. The number of carboxylic acid groups (broad SMARTS) is 2. The first-order valence-electron chi connectivity index (χ1n) is 15.8. The van der Waals surface area contributed by atoms with Crippen LogP contribution in [0.25, 0.3) is 0 Å². The zero-order valence-electron chi connectivity index (χ0n) is 27.8.